The summed E-state index contributed by atoms with van der Waals surface area (Å²) in [5.41, 5.74) is -1.99. The van der Waals surface area contributed by atoms with Gasteiger partial charge in [-0.3, -0.25) is 4.79 Å². The molecule has 1 aromatic rings. The molecule has 0 spiro atoms. The maximum absolute atomic E-state index is 11.4. The number of aliphatic hydroxyl groups is 1. The van der Waals surface area contributed by atoms with Crippen LogP contribution in [0.15, 0.2) is 24.3 Å². The Morgan fingerprint density at radius 3 is 2.47 bits per heavy atom. The number of halogens is 1. The molecule has 0 bridgehead atoms. The number of carboxylic acids is 1. The highest BCUT2D eigenvalue weighted by Gasteiger charge is 2.30. The lowest BCUT2D eigenvalue weighted by molar-refractivity contribution is -0.156. The van der Waals surface area contributed by atoms with Crippen molar-refractivity contribution < 1.29 is 24.5 Å². The molecule has 7 heteroatoms. The first-order valence-corrected chi connectivity index (χ1v) is 6.50. The summed E-state index contributed by atoms with van der Waals surface area (Å²) in [5.74, 6) is -1.35. The van der Waals surface area contributed by atoms with E-state index in [9.17, 15) is 14.7 Å². The van der Waals surface area contributed by atoms with Gasteiger partial charge in [-0.2, -0.15) is 0 Å². The molecule has 0 aliphatic heterocycles. The molecular weight excluding hydrogens is 365 g/mol. The van der Waals surface area contributed by atoms with E-state index in [2.05, 4.69) is 27.9 Å². The summed E-state index contributed by atoms with van der Waals surface area (Å²) in [5, 5.41) is 20.3. The number of amides is 1. The lowest BCUT2D eigenvalue weighted by atomic mass is 10.1. The number of carboxylic acid groups (broad SMARTS) is 1. The van der Waals surface area contributed by atoms with Gasteiger partial charge in [0.15, 0.2) is 12.2 Å². The predicted molar refractivity (Wildman–Crippen MR) is 75.9 cm³/mol. The molecule has 104 valence electrons. The largest absolute Gasteiger partial charge is 0.484 e. The van der Waals surface area contributed by atoms with Gasteiger partial charge in [-0.1, -0.05) is 0 Å². The van der Waals surface area contributed by atoms with Crippen molar-refractivity contribution in [2.24, 2.45) is 0 Å². The summed E-state index contributed by atoms with van der Waals surface area (Å²) >= 11 is 2.15. The Labute approximate surface area is 123 Å². The summed E-state index contributed by atoms with van der Waals surface area (Å²) in [6.45, 7) is 0.489. The Hall–Kier alpha value is -1.35. The van der Waals surface area contributed by atoms with Crippen LogP contribution in [0.4, 0.5) is 0 Å². The highest BCUT2D eigenvalue weighted by molar-refractivity contribution is 14.1. The van der Waals surface area contributed by atoms with Crippen LogP contribution in [0.1, 0.15) is 6.92 Å². The molecule has 0 saturated heterocycles. The van der Waals surface area contributed by atoms with Crippen LogP contribution in [-0.2, 0) is 9.59 Å². The smallest absolute Gasteiger partial charge is 0.337 e. The molecule has 1 atom stereocenters. The second-order valence-electron chi connectivity index (χ2n) is 4.10. The number of nitrogens with one attached hydrogen (secondary N) is 1. The quantitative estimate of drug-likeness (QED) is 0.630. The molecule has 1 unspecified atom stereocenters. The molecular formula is C12H14INO5. The molecule has 3 N–H and O–H groups in total. The van der Waals surface area contributed by atoms with E-state index in [1.165, 1.54) is 0 Å². The van der Waals surface area contributed by atoms with Crippen LogP contribution in [0.5, 0.6) is 5.75 Å². The lowest BCUT2D eigenvalue weighted by Crippen LogP contribution is -2.47. The second kappa shape index (κ2) is 6.71. The number of carbonyl (C=O) groups excluding carboxylic acids is 1. The zero-order chi connectivity index (χ0) is 14.5. The normalized spacial score (nSPS) is 13.4. The highest BCUT2D eigenvalue weighted by Crippen LogP contribution is 2.13. The number of rotatable bonds is 6. The van der Waals surface area contributed by atoms with E-state index in [1.807, 2.05) is 12.1 Å². The van der Waals surface area contributed by atoms with Crippen molar-refractivity contribution in [2.45, 2.75) is 12.5 Å². The Morgan fingerprint density at radius 1 is 1.37 bits per heavy atom. The molecule has 6 nitrogen and oxygen atoms in total. The number of aliphatic carboxylic acids is 1. The Balaban J connectivity index is 2.36. The summed E-state index contributed by atoms with van der Waals surface area (Å²) < 4.78 is 6.25. The Morgan fingerprint density at radius 2 is 1.95 bits per heavy atom. The van der Waals surface area contributed by atoms with Crippen LogP contribution in [-0.4, -0.2) is 40.8 Å². The van der Waals surface area contributed by atoms with Gasteiger partial charge < -0.3 is 20.3 Å². The van der Waals surface area contributed by atoms with Gasteiger partial charge in [0.05, 0.1) is 6.54 Å². The van der Waals surface area contributed by atoms with Crippen molar-refractivity contribution in [3.63, 3.8) is 0 Å². The Kier molecular flexibility index (Phi) is 5.55. The van der Waals surface area contributed by atoms with E-state index in [4.69, 9.17) is 9.84 Å². The zero-order valence-electron chi connectivity index (χ0n) is 10.2. The Bertz CT molecular complexity index is 458. The third-order valence-electron chi connectivity index (χ3n) is 2.27. The van der Waals surface area contributed by atoms with Crippen LogP contribution in [0.2, 0.25) is 0 Å². The molecule has 0 aliphatic carbocycles. The molecule has 19 heavy (non-hydrogen) atoms. The fourth-order valence-electron chi connectivity index (χ4n) is 1.08. The highest BCUT2D eigenvalue weighted by atomic mass is 127. The summed E-state index contributed by atoms with van der Waals surface area (Å²) in [6, 6.07) is 7.12. The summed E-state index contributed by atoms with van der Waals surface area (Å²) in [6.07, 6.45) is 0. The number of hydrogen-bond acceptors (Lipinski definition) is 4. The van der Waals surface area contributed by atoms with E-state index in [-0.39, 0.29) is 13.2 Å². The monoisotopic (exact) mass is 379 g/mol. The van der Waals surface area contributed by atoms with Crippen LogP contribution >= 0.6 is 22.6 Å². The molecule has 0 saturated carbocycles. The molecule has 0 aliphatic rings. The standard InChI is InChI=1S/C12H14INO5/c1-12(18,11(16)17)7-14-10(15)6-19-9-4-2-8(13)3-5-9/h2-5,18H,6-7H2,1H3,(H,14,15)(H,16,17). The van der Waals surface area contributed by atoms with E-state index in [0.29, 0.717) is 5.75 Å². The van der Waals surface area contributed by atoms with Crippen LogP contribution in [0.25, 0.3) is 0 Å². The first-order chi connectivity index (χ1) is 8.81. The van der Waals surface area contributed by atoms with E-state index < -0.39 is 17.5 Å². The van der Waals surface area contributed by atoms with Crippen LogP contribution in [0, 0.1) is 3.57 Å². The number of ether oxygens (including phenoxy) is 1. The fraction of sp³-hybridized carbons (Fsp3) is 0.333. The van der Waals surface area contributed by atoms with E-state index in [1.54, 1.807) is 12.1 Å². The number of carbonyl (C=O) groups is 2. The van der Waals surface area contributed by atoms with Gasteiger partial charge in [-0.15, -0.1) is 0 Å². The average molecular weight is 379 g/mol. The van der Waals surface area contributed by atoms with Crippen molar-refractivity contribution in [3.05, 3.63) is 27.8 Å². The first-order valence-electron chi connectivity index (χ1n) is 5.42. The molecule has 0 fully saturated rings. The number of hydrogen-bond donors (Lipinski definition) is 3. The summed E-state index contributed by atoms with van der Waals surface area (Å²) in [4.78, 5) is 22.0. The minimum absolute atomic E-state index is 0.240. The topological polar surface area (TPSA) is 95.9 Å². The van der Waals surface area contributed by atoms with Crippen molar-refractivity contribution in [2.75, 3.05) is 13.2 Å². The molecule has 1 rings (SSSR count). The summed E-state index contributed by atoms with van der Waals surface area (Å²) in [7, 11) is 0. The third kappa shape index (κ3) is 5.43. The van der Waals surface area contributed by atoms with Crippen LogP contribution in [0.3, 0.4) is 0 Å². The van der Waals surface area contributed by atoms with Gasteiger partial charge in [0.2, 0.25) is 0 Å². The van der Waals surface area contributed by atoms with Gasteiger partial charge in [0.1, 0.15) is 5.75 Å². The van der Waals surface area contributed by atoms with Crippen molar-refractivity contribution in [1.82, 2.24) is 5.32 Å². The third-order valence-corrected chi connectivity index (χ3v) is 2.99. The minimum atomic E-state index is -1.99. The average Bonchev–Trinajstić information content (AvgIpc) is 2.35. The van der Waals surface area contributed by atoms with Crippen molar-refractivity contribution in [1.29, 1.82) is 0 Å². The maximum Gasteiger partial charge on any atom is 0.337 e. The van der Waals surface area contributed by atoms with Gasteiger partial charge >= 0.3 is 5.97 Å². The maximum atomic E-state index is 11.4. The van der Waals surface area contributed by atoms with Gasteiger partial charge in [-0.05, 0) is 53.8 Å². The van der Waals surface area contributed by atoms with Crippen LogP contribution < -0.4 is 10.1 Å². The SMILES string of the molecule is CC(O)(CNC(=O)COc1ccc(I)cc1)C(=O)O. The van der Waals surface area contributed by atoms with Gasteiger partial charge in [-0.25, -0.2) is 4.79 Å². The molecule has 0 radical (unpaired) electrons. The molecule has 0 heterocycles. The number of benzene rings is 1. The van der Waals surface area contributed by atoms with E-state index in [0.717, 1.165) is 10.5 Å². The van der Waals surface area contributed by atoms with Gasteiger partial charge in [0.25, 0.3) is 5.91 Å². The van der Waals surface area contributed by atoms with Crippen molar-refractivity contribution in [3.8, 4) is 5.75 Å². The molecule has 1 amide bonds. The zero-order valence-corrected chi connectivity index (χ0v) is 12.4. The molecule has 1 aromatic carbocycles. The minimum Gasteiger partial charge on any atom is -0.484 e. The fourth-order valence-corrected chi connectivity index (χ4v) is 1.44. The van der Waals surface area contributed by atoms with Crippen molar-refractivity contribution >= 4 is 34.5 Å². The molecule has 0 aromatic heterocycles. The van der Waals surface area contributed by atoms with Gasteiger partial charge in [0, 0.05) is 3.57 Å². The second-order valence-corrected chi connectivity index (χ2v) is 5.34. The first kappa shape index (κ1) is 15.7. The lowest BCUT2D eigenvalue weighted by Gasteiger charge is -2.18. The predicted octanol–water partition coefficient (Wildman–Crippen LogP) is 0.622. The van der Waals surface area contributed by atoms with E-state index >= 15 is 0 Å².